The van der Waals surface area contributed by atoms with Gasteiger partial charge in [-0.2, -0.15) is 0 Å². The van der Waals surface area contributed by atoms with Gasteiger partial charge in [0.05, 0.1) is 5.70 Å². The van der Waals surface area contributed by atoms with Crippen LogP contribution in [-0.2, 0) is 4.79 Å². The quantitative estimate of drug-likeness (QED) is 0.524. The molecule has 0 spiro atoms. The summed E-state index contributed by atoms with van der Waals surface area (Å²) in [6.07, 6.45) is 1.79. The number of nitrogens with one attached hydrogen (secondary N) is 1. The molecule has 0 aromatic rings. The summed E-state index contributed by atoms with van der Waals surface area (Å²) >= 11 is 0. The van der Waals surface area contributed by atoms with E-state index in [4.69, 9.17) is 0 Å². The average molecular weight is 139 g/mol. The van der Waals surface area contributed by atoms with Crippen LogP contribution < -0.4 is 5.32 Å². The largest absolute Gasteiger partial charge is 0.366 e. The number of nitrogens with zero attached hydrogens (tertiary/aromatic N) is 1. The van der Waals surface area contributed by atoms with Crippen molar-refractivity contribution in [3.8, 4) is 0 Å². The highest BCUT2D eigenvalue weighted by Crippen LogP contribution is 1.98. The minimum Gasteiger partial charge on any atom is -0.366 e. The van der Waals surface area contributed by atoms with Crippen molar-refractivity contribution in [2.24, 2.45) is 0 Å². The number of hydrogen-bond acceptors (Lipinski definition) is 3. The van der Waals surface area contributed by atoms with Crippen LogP contribution in [-0.4, -0.2) is 37.4 Å². The Hall–Kier alpha value is -0.830. The molecule has 0 bridgehead atoms. The Kier molecular flexibility index (Phi) is 2.45. The Morgan fingerprint density at radius 2 is 2.10 bits per heavy atom. The fourth-order valence-corrected chi connectivity index (χ4v) is 0.999. The van der Waals surface area contributed by atoms with E-state index in [0.717, 1.165) is 26.2 Å². The Labute approximate surface area is 60.7 Å². The van der Waals surface area contributed by atoms with Gasteiger partial charge in [-0.1, -0.05) is 6.58 Å². The second-order valence-corrected chi connectivity index (χ2v) is 2.29. The Morgan fingerprint density at radius 3 is 2.60 bits per heavy atom. The van der Waals surface area contributed by atoms with Gasteiger partial charge in [0.2, 0.25) is 6.29 Å². The molecule has 0 amide bonds. The highest BCUT2D eigenvalue weighted by atomic mass is 16.1. The molecule has 55 valence electrons. The molecule has 1 aliphatic heterocycles. The highest BCUT2D eigenvalue weighted by Gasteiger charge is 2.09. The van der Waals surface area contributed by atoms with Crippen LogP contribution in [0, 0.1) is 0 Å². The van der Waals surface area contributed by atoms with Crippen LogP contribution >= 0.6 is 0 Å². The molecule has 1 radical (unpaired) electrons. The molecule has 0 aliphatic carbocycles. The molecular formula is C7H11N2O. The summed E-state index contributed by atoms with van der Waals surface area (Å²) in [6.45, 7) is 7.17. The highest BCUT2D eigenvalue weighted by molar-refractivity contribution is 5.71. The minimum absolute atomic E-state index is 0.474. The molecule has 0 saturated carbocycles. The lowest BCUT2D eigenvalue weighted by Crippen LogP contribution is -2.42. The maximum absolute atomic E-state index is 10.1. The minimum atomic E-state index is 0.474. The second kappa shape index (κ2) is 3.37. The van der Waals surface area contributed by atoms with Gasteiger partial charge in [0.15, 0.2) is 0 Å². The van der Waals surface area contributed by atoms with Gasteiger partial charge >= 0.3 is 0 Å². The van der Waals surface area contributed by atoms with E-state index in [1.807, 2.05) is 4.90 Å². The first-order valence-corrected chi connectivity index (χ1v) is 3.37. The third kappa shape index (κ3) is 1.57. The number of piperazine rings is 1. The first-order valence-electron chi connectivity index (χ1n) is 3.37. The van der Waals surface area contributed by atoms with E-state index in [1.165, 1.54) is 0 Å². The summed E-state index contributed by atoms with van der Waals surface area (Å²) in [5.41, 5.74) is 0.474. The summed E-state index contributed by atoms with van der Waals surface area (Å²) in [5, 5.41) is 3.18. The first-order chi connectivity index (χ1) is 4.84. The van der Waals surface area contributed by atoms with Gasteiger partial charge in [-0.15, -0.1) is 0 Å². The van der Waals surface area contributed by atoms with Crippen LogP contribution in [0.4, 0.5) is 0 Å². The molecule has 0 atom stereocenters. The van der Waals surface area contributed by atoms with E-state index in [0.29, 0.717) is 5.70 Å². The van der Waals surface area contributed by atoms with Crippen molar-refractivity contribution in [2.45, 2.75) is 0 Å². The third-order valence-corrected chi connectivity index (χ3v) is 1.62. The van der Waals surface area contributed by atoms with Gasteiger partial charge in [-0.3, -0.25) is 4.79 Å². The van der Waals surface area contributed by atoms with E-state index in [9.17, 15) is 4.79 Å². The van der Waals surface area contributed by atoms with Crippen LogP contribution in [0.3, 0.4) is 0 Å². The van der Waals surface area contributed by atoms with E-state index in [1.54, 1.807) is 6.29 Å². The molecule has 1 fully saturated rings. The molecule has 1 N–H and O–H groups in total. The van der Waals surface area contributed by atoms with Gasteiger partial charge in [0.25, 0.3) is 0 Å². The molecule has 1 rings (SSSR count). The smallest absolute Gasteiger partial charge is 0.250 e. The molecular weight excluding hydrogens is 128 g/mol. The van der Waals surface area contributed by atoms with Crippen molar-refractivity contribution >= 4 is 6.29 Å². The SMILES string of the molecule is C=C([C]=O)N1CCNCC1. The van der Waals surface area contributed by atoms with Crippen LogP contribution in [0.15, 0.2) is 12.3 Å². The lowest BCUT2D eigenvalue weighted by molar-refractivity contribution is 0.310. The van der Waals surface area contributed by atoms with Gasteiger partial charge in [-0.25, -0.2) is 0 Å². The van der Waals surface area contributed by atoms with Crippen LogP contribution in [0.5, 0.6) is 0 Å². The molecule has 1 aliphatic rings. The molecule has 10 heavy (non-hydrogen) atoms. The Morgan fingerprint density at radius 1 is 1.50 bits per heavy atom. The molecule has 3 nitrogen and oxygen atoms in total. The van der Waals surface area contributed by atoms with Crippen molar-refractivity contribution in [2.75, 3.05) is 26.2 Å². The third-order valence-electron chi connectivity index (χ3n) is 1.62. The summed E-state index contributed by atoms with van der Waals surface area (Å²) in [6, 6.07) is 0. The van der Waals surface area contributed by atoms with Gasteiger partial charge in [-0.05, 0) is 0 Å². The predicted octanol–water partition coefficient (Wildman–Crippen LogP) is -0.485. The van der Waals surface area contributed by atoms with Gasteiger partial charge < -0.3 is 10.2 Å². The normalized spacial score (nSPS) is 18.6. The topological polar surface area (TPSA) is 32.3 Å². The predicted molar refractivity (Wildman–Crippen MR) is 39.3 cm³/mol. The standard InChI is InChI=1S/C7H11N2O/c1-7(6-10)9-4-2-8-3-5-9/h8H,1-5H2. The van der Waals surface area contributed by atoms with E-state index >= 15 is 0 Å². The van der Waals surface area contributed by atoms with Crippen molar-refractivity contribution in [1.29, 1.82) is 0 Å². The summed E-state index contributed by atoms with van der Waals surface area (Å²) in [4.78, 5) is 12.1. The van der Waals surface area contributed by atoms with E-state index in [2.05, 4.69) is 11.9 Å². The number of rotatable bonds is 2. The molecule has 1 heterocycles. The summed E-state index contributed by atoms with van der Waals surface area (Å²) < 4.78 is 0. The first kappa shape index (κ1) is 7.28. The van der Waals surface area contributed by atoms with Gasteiger partial charge in [0.1, 0.15) is 0 Å². The zero-order valence-electron chi connectivity index (χ0n) is 5.89. The fourth-order valence-electron chi connectivity index (χ4n) is 0.999. The van der Waals surface area contributed by atoms with Gasteiger partial charge in [0, 0.05) is 26.2 Å². The van der Waals surface area contributed by atoms with Crippen molar-refractivity contribution in [3.05, 3.63) is 12.3 Å². The number of carbonyl (C=O) groups excluding carboxylic acids is 1. The Balaban J connectivity index is 2.38. The van der Waals surface area contributed by atoms with Crippen LogP contribution in [0.2, 0.25) is 0 Å². The lowest BCUT2D eigenvalue weighted by Gasteiger charge is -2.27. The fraction of sp³-hybridized carbons (Fsp3) is 0.571. The number of hydrogen-bond donors (Lipinski definition) is 1. The molecule has 3 heteroatoms. The van der Waals surface area contributed by atoms with Crippen LogP contribution in [0.25, 0.3) is 0 Å². The van der Waals surface area contributed by atoms with Crippen molar-refractivity contribution in [3.63, 3.8) is 0 Å². The van der Waals surface area contributed by atoms with E-state index < -0.39 is 0 Å². The molecule has 0 aromatic heterocycles. The average Bonchev–Trinajstić information content (AvgIpc) is 2.05. The second-order valence-electron chi connectivity index (χ2n) is 2.29. The van der Waals surface area contributed by atoms with Crippen LogP contribution in [0.1, 0.15) is 0 Å². The lowest BCUT2D eigenvalue weighted by atomic mass is 10.3. The zero-order chi connectivity index (χ0) is 7.40. The zero-order valence-corrected chi connectivity index (χ0v) is 5.89. The molecule has 0 unspecified atom stereocenters. The maximum atomic E-state index is 10.1. The molecule has 1 saturated heterocycles. The van der Waals surface area contributed by atoms with Crippen molar-refractivity contribution in [1.82, 2.24) is 10.2 Å². The van der Waals surface area contributed by atoms with Crippen molar-refractivity contribution < 1.29 is 4.79 Å². The Bertz CT molecular complexity index is 139. The summed E-state index contributed by atoms with van der Waals surface area (Å²) in [7, 11) is 0. The molecule has 0 aromatic carbocycles. The maximum Gasteiger partial charge on any atom is 0.250 e. The summed E-state index contributed by atoms with van der Waals surface area (Å²) in [5.74, 6) is 0. The van der Waals surface area contributed by atoms with E-state index in [-0.39, 0.29) is 0 Å². The number of allylic oxidation sites excluding steroid dienone is 1. The monoisotopic (exact) mass is 139 g/mol.